The second-order valence-corrected chi connectivity index (χ2v) is 14.5. The molecule has 2 saturated heterocycles. The van der Waals surface area contributed by atoms with Crippen molar-refractivity contribution >= 4 is 59.2 Å². The topological polar surface area (TPSA) is 240 Å². The number of aromatic nitrogens is 6. The average Bonchev–Trinajstić information content (AvgIpc) is 3.37. The SMILES string of the molecule is NNc1ncc(F)c(N2CCOCC2)n1.O=C(Nc1cccc(C(F)(F)F)c1)c1cccc(/C=N/Nc2ncc(F)c(N3CCOCC3)n2)n1.O=Cc1cccc(C(=O)Nc2cccc(C(F)(F)F)c2)n1. The first-order valence-electron chi connectivity index (χ1n) is 20.8. The summed E-state index contributed by atoms with van der Waals surface area (Å²) in [5.74, 6) is 3.42. The molecular formula is C44H40F8N14O5. The summed E-state index contributed by atoms with van der Waals surface area (Å²) in [5, 5.41) is 8.66. The van der Waals surface area contributed by atoms with Crippen LogP contribution in [-0.2, 0) is 21.8 Å². The Morgan fingerprint density at radius 3 is 1.52 bits per heavy atom. The summed E-state index contributed by atoms with van der Waals surface area (Å²) in [6.45, 7) is 4.33. The molecule has 2 aliphatic heterocycles. The van der Waals surface area contributed by atoms with Crippen LogP contribution >= 0.6 is 0 Å². The summed E-state index contributed by atoms with van der Waals surface area (Å²) in [6.07, 6.45) is -5.11. The number of carbonyl (C=O) groups is 3. The van der Waals surface area contributed by atoms with E-state index in [0.717, 1.165) is 36.7 Å². The molecule has 6 heterocycles. The minimum Gasteiger partial charge on any atom is -0.378 e. The number of carbonyl (C=O) groups excluding carboxylic acids is 3. The van der Waals surface area contributed by atoms with Crippen molar-refractivity contribution in [2.24, 2.45) is 10.9 Å². The van der Waals surface area contributed by atoms with Crippen LogP contribution in [0.15, 0.2) is 102 Å². The Kier molecular flexibility index (Phi) is 17.8. The molecule has 2 aliphatic rings. The van der Waals surface area contributed by atoms with Crippen molar-refractivity contribution in [2.45, 2.75) is 12.4 Å². The number of hydrogen-bond acceptors (Lipinski definition) is 17. The van der Waals surface area contributed by atoms with E-state index in [2.05, 4.69) is 56.5 Å². The minimum atomic E-state index is -4.53. The van der Waals surface area contributed by atoms with Gasteiger partial charge in [-0.05, 0) is 60.7 Å². The van der Waals surface area contributed by atoms with Crippen LogP contribution in [0, 0.1) is 11.6 Å². The number of anilines is 6. The molecule has 71 heavy (non-hydrogen) atoms. The van der Waals surface area contributed by atoms with Gasteiger partial charge in [-0.25, -0.2) is 40.0 Å². The fourth-order valence-corrected chi connectivity index (χ4v) is 6.22. The van der Waals surface area contributed by atoms with Gasteiger partial charge < -0.3 is 29.9 Å². The zero-order valence-corrected chi connectivity index (χ0v) is 36.7. The first kappa shape index (κ1) is 52.1. The minimum absolute atomic E-state index is 0.00636. The maximum Gasteiger partial charge on any atom is 0.416 e. The van der Waals surface area contributed by atoms with Crippen LogP contribution in [0.4, 0.5) is 70.0 Å². The van der Waals surface area contributed by atoms with Gasteiger partial charge in [-0.15, -0.1) is 0 Å². The van der Waals surface area contributed by atoms with Crippen molar-refractivity contribution < 1.29 is 59.0 Å². The fourth-order valence-electron chi connectivity index (χ4n) is 6.22. The number of hydrazine groups is 1. The van der Waals surface area contributed by atoms with Gasteiger partial charge >= 0.3 is 12.4 Å². The van der Waals surface area contributed by atoms with E-state index in [9.17, 15) is 49.5 Å². The highest BCUT2D eigenvalue weighted by atomic mass is 19.4. The number of amides is 2. The van der Waals surface area contributed by atoms with E-state index in [4.69, 9.17) is 15.3 Å². The number of nitrogens with zero attached hydrogens (tertiary/aromatic N) is 9. The summed E-state index contributed by atoms with van der Waals surface area (Å²) in [4.78, 5) is 62.0. The van der Waals surface area contributed by atoms with Crippen molar-refractivity contribution in [1.29, 1.82) is 0 Å². The Hall–Kier alpha value is -8.30. The second kappa shape index (κ2) is 24.3. The Balaban J connectivity index is 0.000000193. The molecule has 0 spiro atoms. The standard InChI is InChI=1S/C22H19F4N7O2.C14H9F3N2O2.C8H12FN5O/c23-17-13-27-21(31-19(17)33-7-9-35-10-8-33)32-28-12-16-5-2-6-18(29-16)20(34)30-15-4-1-3-14(11-15)22(24,25)26;15-14(16,17)9-3-1-4-10(7-9)19-13(21)12-6-2-5-11(8-20)18-12;9-6-5-11-8(13-10)12-7(6)14-1-3-15-4-2-14/h1-6,11-13H,7-10H2,(H,30,34)(H,27,31,32);1-8H,(H,19,21);5H,1-4,10H2,(H,11,12,13)/b28-12+;;. The second-order valence-electron chi connectivity index (χ2n) is 14.5. The van der Waals surface area contributed by atoms with E-state index in [0.29, 0.717) is 58.9 Å². The lowest BCUT2D eigenvalue weighted by Crippen LogP contribution is -2.37. The molecule has 2 amide bonds. The van der Waals surface area contributed by atoms with Crippen LogP contribution in [0.2, 0.25) is 0 Å². The number of aldehydes is 1. The summed E-state index contributed by atoms with van der Waals surface area (Å²) >= 11 is 0. The lowest BCUT2D eigenvalue weighted by molar-refractivity contribution is -0.138. The number of nitrogen functional groups attached to an aromatic ring is 1. The van der Waals surface area contributed by atoms with E-state index < -0.39 is 46.9 Å². The predicted molar refractivity (Wildman–Crippen MR) is 242 cm³/mol. The number of nitrogens with one attached hydrogen (secondary N) is 4. The maximum atomic E-state index is 14.1. The van der Waals surface area contributed by atoms with Gasteiger partial charge in [0.25, 0.3) is 11.8 Å². The Morgan fingerprint density at radius 2 is 1.06 bits per heavy atom. The largest absolute Gasteiger partial charge is 0.416 e. The number of rotatable bonds is 11. The molecule has 19 nitrogen and oxygen atoms in total. The van der Waals surface area contributed by atoms with E-state index in [1.54, 1.807) is 21.9 Å². The van der Waals surface area contributed by atoms with Crippen LogP contribution in [0.5, 0.6) is 0 Å². The summed E-state index contributed by atoms with van der Waals surface area (Å²) in [5.41, 5.74) is 3.36. The monoisotopic (exact) mass is 996 g/mol. The molecule has 0 radical (unpaired) electrons. The molecule has 0 aliphatic carbocycles. The first-order chi connectivity index (χ1) is 34.0. The number of morpholine rings is 2. The van der Waals surface area contributed by atoms with Crippen molar-refractivity contribution in [3.63, 3.8) is 0 Å². The molecule has 0 atom stereocenters. The van der Waals surface area contributed by atoms with Gasteiger partial charge in [-0.2, -0.15) is 41.4 Å². The zero-order chi connectivity index (χ0) is 51.0. The molecule has 27 heteroatoms. The summed E-state index contributed by atoms with van der Waals surface area (Å²) in [7, 11) is 0. The molecule has 8 rings (SSSR count). The highest BCUT2D eigenvalue weighted by Crippen LogP contribution is 2.32. The van der Waals surface area contributed by atoms with Gasteiger partial charge in [0, 0.05) is 37.6 Å². The fraction of sp³-hybridized carbons (Fsp3) is 0.227. The van der Waals surface area contributed by atoms with Crippen LogP contribution in [0.1, 0.15) is 48.3 Å². The van der Waals surface area contributed by atoms with Crippen molar-refractivity contribution in [1.82, 2.24) is 29.9 Å². The van der Waals surface area contributed by atoms with Gasteiger partial charge in [-0.1, -0.05) is 24.3 Å². The van der Waals surface area contributed by atoms with Gasteiger partial charge in [0.15, 0.2) is 29.6 Å². The Bertz CT molecular complexity index is 2810. The van der Waals surface area contributed by atoms with Gasteiger partial charge in [0.05, 0.1) is 61.9 Å². The van der Waals surface area contributed by atoms with E-state index in [1.165, 1.54) is 54.7 Å². The highest BCUT2D eigenvalue weighted by Gasteiger charge is 2.31. The highest BCUT2D eigenvalue weighted by molar-refractivity contribution is 6.04. The van der Waals surface area contributed by atoms with Crippen LogP contribution in [0.25, 0.3) is 0 Å². The van der Waals surface area contributed by atoms with Gasteiger partial charge in [0.2, 0.25) is 11.9 Å². The lowest BCUT2D eigenvalue weighted by atomic mass is 10.2. The number of pyridine rings is 2. The van der Waals surface area contributed by atoms with Crippen LogP contribution < -0.4 is 37.1 Å². The maximum absolute atomic E-state index is 14.1. The van der Waals surface area contributed by atoms with Gasteiger partial charge in [0.1, 0.15) is 17.1 Å². The molecule has 2 fully saturated rings. The molecule has 6 aromatic rings. The average molecular weight is 997 g/mol. The molecule has 0 saturated carbocycles. The molecule has 2 aromatic carbocycles. The normalized spacial score (nSPS) is 13.8. The third kappa shape index (κ3) is 15.3. The predicted octanol–water partition coefficient (Wildman–Crippen LogP) is 6.47. The third-order valence-corrected chi connectivity index (χ3v) is 9.59. The van der Waals surface area contributed by atoms with Crippen LogP contribution in [-0.4, -0.2) is 107 Å². The number of alkyl halides is 6. The molecule has 0 bridgehead atoms. The number of benzene rings is 2. The summed E-state index contributed by atoms with van der Waals surface area (Å²) in [6, 6.07) is 17.3. The molecule has 6 N–H and O–H groups in total. The molecule has 372 valence electrons. The molecular weight excluding hydrogens is 957 g/mol. The number of ether oxygens (including phenoxy) is 2. The van der Waals surface area contributed by atoms with Gasteiger partial charge in [-0.3, -0.25) is 19.8 Å². The number of halogens is 8. The van der Waals surface area contributed by atoms with E-state index >= 15 is 0 Å². The Labute approximate surface area is 397 Å². The molecule has 0 unspecified atom stereocenters. The van der Waals surface area contributed by atoms with Crippen molar-refractivity contribution in [3.8, 4) is 0 Å². The third-order valence-electron chi connectivity index (χ3n) is 9.59. The lowest BCUT2D eigenvalue weighted by Gasteiger charge is -2.27. The van der Waals surface area contributed by atoms with Crippen molar-refractivity contribution in [2.75, 3.05) is 83.9 Å². The number of hydrogen-bond donors (Lipinski definition) is 5. The first-order valence-corrected chi connectivity index (χ1v) is 20.8. The zero-order valence-electron chi connectivity index (χ0n) is 36.7. The van der Waals surface area contributed by atoms with E-state index in [-0.39, 0.29) is 57.7 Å². The Morgan fingerprint density at radius 1 is 0.620 bits per heavy atom. The smallest absolute Gasteiger partial charge is 0.378 e. The quantitative estimate of drug-likeness (QED) is 0.0307. The van der Waals surface area contributed by atoms with E-state index in [1.807, 2.05) is 0 Å². The summed E-state index contributed by atoms with van der Waals surface area (Å²) < 4.78 is 114. The number of hydrazone groups is 1. The van der Waals surface area contributed by atoms with Crippen molar-refractivity contribution in [3.05, 3.63) is 143 Å². The molecule has 4 aromatic heterocycles. The van der Waals surface area contributed by atoms with Crippen LogP contribution in [0.3, 0.4) is 0 Å². The number of nitrogens with two attached hydrogens (primary N) is 1.